The predicted molar refractivity (Wildman–Crippen MR) is 103 cm³/mol. The van der Waals surface area contributed by atoms with E-state index in [0.717, 1.165) is 18.9 Å². The lowest BCUT2D eigenvalue weighted by molar-refractivity contribution is -0.127. The van der Waals surface area contributed by atoms with Crippen LogP contribution in [-0.4, -0.2) is 61.4 Å². The van der Waals surface area contributed by atoms with Crippen LogP contribution in [-0.2, 0) is 9.53 Å². The first-order chi connectivity index (χ1) is 13.6. The van der Waals surface area contributed by atoms with E-state index in [-0.39, 0.29) is 11.7 Å². The fourth-order valence-corrected chi connectivity index (χ4v) is 2.71. The molecule has 1 fully saturated rings. The SMILES string of the molecule is CC(Oc1ccccc1F)C(=O)NCCNc1cc(N2CCOCC2)ncn1. The van der Waals surface area contributed by atoms with Crippen molar-refractivity contribution >= 4 is 17.5 Å². The van der Waals surface area contributed by atoms with Crippen molar-refractivity contribution in [2.75, 3.05) is 49.6 Å². The van der Waals surface area contributed by atoms with Gasteiger partial charge in [-0.05, 0) is 19.1 Å². The molecule has 1 aliphatic rings. The molecule has 0 aliphatic carbocycles. The molecule has 2 heterocycles. The molecule has 3 rings (SSSR count). The van der Waals surface area contributed by atoms with Crippen LogP contribution >= 0.6 is 0 Å². The summed E-state index contributed by atoms with van der Waals surface area (Å²) in [6, 6.07) is 7.87. The van der Waals surface area contributed by atoms with E-state index in [1.165, 1.54) is 18.5 Å². The van der Waals surface area contributed by atoms with E-state index in [9.17, 15) is 9.18 Å². The van der Waals surface area contributed by atoms with Crippen LogP contribution in [0.5, 0.6) is 5.75 Å². The second kappa shape index (κ2) is 9.84. The standard InChI is InChI=1S/C19H24FN5O3/c1-14(28-16-5-3-2-4-15(16)20)19(26)22-7-6-21-17-12-18(24-13-23-17)25-8-10-27-11-9-25/h2-5,12-14H,6-11H2,1H3,(H,22,26)(H,21,23,24). The molecule has 150 valence electrons. The van der Waals surface area contributed by atoms with Crippen molar-refractivity contribution in [2.24, 2.45) is 0 Å². The maximum atomic E-state index is 13.6. The smallest absolute Gasteiger partial charge is 0.260 e. The number of rotatable bonds is 8. The first-order valence-electron chi connectivity index (χ1n) is 9.21. The van der Waals surface area contributed by atoms with Crippen molar-refractivity contribution in [3.8, 4) is 5.75 Å². The molecule has 1 unspecified atom stereocenters. The van der Waals surface area contributed by atoms with E-state index in [1.807, 2.05) is 6.07 Å². The fraction of sp³-hybridized carbons (Fsp3) is 0.421. The third-order valence-electron chi connectivity index (χ3n) is 4.23. The first kappa shape index (κ1) is 19.8. The predicted octanol–water partition coefficient (Wildman–Crippen LogP) is 1.45. The van der Waals surface area contributed by atoms with Crippen LogP contribution in [0.25, 0.3) is 0 Å². The Morgan fingerprint density at radius 3 is 2.86 bits per heavy atom. The Kier molecular flexibility index (Phi) is 6.96. The van der Waals surface area contributed by atoms with Crippen molar-refractivity contribution in [3.05, 3.63) is 42.5 Å². The first-order valence-corrected chi connectivity index (χ1v) is 9.21. The van der Waals surface area contributed by atoms with Crippen molar-refractivity contribution in [3.63, 3.8) is 0 Å². The Hall–Kier alpha value is -2.94. The van der Waals surface area contributed by atoms with Crippen molar-refractivity contribution < 1.29 is 18.7 Å². The lowest BCUT2D eigenvalue weighted by Gasteiger charge is -2.27. The topological polar surface area (TPSA) is 88.6 Å². The minimum Gasteiger partial charge on any atom is -0.478 e. The average molecular weight is 389 g/mol. The summed E-state index contributed by atoms with van der Waals surface area (Å²) in [7, 11) is 0. The number of hydrogen-bond acceptors (Lipinski definition) is 7. The lowest BCUT2D eigenvalue weighted by atomic mass is 10.3. The molecule has 1 aromatic heterocycles. The van der Waals surface area contributed by atoms with Crippen LogP contribution in [0.4, 0.5) is 16.0 Å². The summed E-state index contributed by atoms with van der Waals surface area (Å²) in [6.07, 6.45) is 0.708. The van der Waals surface area contributed by atoms with Gasteiger partial charge in [-0.2, -0.15) is 0 Å². The normalized spacial score (nSPS) is 15.0. The van der Waals surface area contributed by atoms with Crippen LogP contribution in [0.3, 0.4) is 0 Å². The Balaban J connectivity index is 1.41. The van der Waals surface area contributed by atoms with Crippen LogP contribution in [0.2, 0.25) is 0 Å². The van der Waals surface area contributed by atoms with Gasteiger partial charge in [0.25, 0.3) is 5.91 Å². The third-order valence-corrected chi connectivity index (χ3v) is 4.23. The number of para-hydroxylation sites is 1. The van der Waals surface area contributed by atoms with Gasteiger partial charge in [0.05, 0.1) is 13.2 Å². The minimum atomic E-state index is -0.802. The highest BCUT2D eigenvalue weighted by Crippen LogP contribution is 2.17. The van der Waals surface area contributed by atoms with Crippen LogP contribution in [0.1, 0.15) is 6.92 Å². The Morgan fingerprint density at radius 2 is 2.07 bits per heavy atom. The summed E-state index contributed by atoms with van der Waals surface area (Å²) in [5, 5.41) is 5.90. The lowest BCUT2D eigenvalue weighted by Crippen LogP contribution is -2.38. The summed E-state index contributed by atoms with van der Waals surface area (Å²) in [5.74, 6) is 0.767. The molecule has 8 nitrogen and oxygen atoms in total. The average Bonchev–Trinajstić information content (AvgIpc) is 2.73. The number of ether oxygens (including phenoxy) is 2. The van der Waals surface area contributed by atoms with Gasteiger partial charge in [-0.25, -0.2) is 14.4 Å². The fourth-order valence-electron chi connectivity index (χ4n) is 2.71. The maximum Gasteiger partial charge on any atom is 0.260 e. The number of carbonyl (C=O) groups excluding carboxylic acids is 1. The molecule has 2 N–H and O–H groups in total. The van der Waals surface area contributed by atoms with Crippen molar-refractivity contribution in [2.45, 2.75) is 13.0 Å². The molecule has 28 heavy (non-hydrogen) atoms. The van der Waals surface area contributed by atoms with Gasteiger partial charge >= 0.3 is 0 Å². The second-order valence-corrected chi connectivity index (χ2v) is 6.27. The Morgan fingerprint density at radius 1 is 1.29 bits per heavy atom. The molecule has 1 atom stereocenters. The molecule has 1 amide bonds. The molecule has 2 aromatic rings. The number of benzene rings is 1. The molecule has 1 saturated heterocycles. The number of morpholine rings is 1. The van der Waals surface area contributed by atoms with E-state index >= 15 is 0 Å². The van der Waals surface area contributed by atoms with E-state index in [2.05, 4.69) is 25.5 Å². The van der Waals surface area contributed by atoms with Crippen LogP contribution in [0, 0.1) is 5.82 Å². The number of nitrogens with one attached hydrogen (secondary N) is 2. The van der Waals surface area contributed by atoms with Crippen molar-refractivity contribution in [1.82, 2.24) is 15.3 Å². The monoisotopic (exact) mass is 389 g/mol. The highest BCUT2D eigenvalue weighted by Gasteiger charge is 2.16. The maximum absolute atomic E-state index is 13.6. The van der Waals surface area contributed by atoms with Gasteiger partial charge in [0.1, 0.15) is 18.0 Å². The Labute approximate surface area is 163 Å². The number of nitrogens with zero attached hydrogens (tertiary/aromatic N) is 3. The number of carbonyl (C=O) groups is 1. The molecular formula is C19H24FN5O3. The van der Waals surface area contributed by atoms with E-state index in [4.69, 9.17) is 9.47 Å². The van der Waals surface area contributed by atoms with E-state index in [0.29, 0.717) is 32.1 Å². The van der Waals surface area contributed by atoms with Crippen LogP contribution < -0.4 is 20.3 Å². The highest BCUT2D eigenvalue weighted by atomic mass is 19.1. The molecule has 1 aliphatic heterocycles. The number of aromatic nitrogens is 2. The van der Waals surface area contributed by atoms with Gasteiger partial charge in [0, 0.05) is 32.2 Å². The van der Waals surface area contributed by atoms with Gasteiger partial charge in [0.15, 0.2) is 17.7 Å². The summed E-state index contributed by atoms with van der Waals surface area (Å²) in [4.78, 5) is 22.7. The molecular weight excluding hydrogens is 365 g/mol. The Bertz CT molecular complexity index is 786. The number of anilines is 2. The number of amides is 1. The zero-order chi connectivity index (χ0) is 19.8. The largest absolute Gasteiger partial charge is 0.478 e. The number of hydrogen-bond donors (Lipinski definition) is 2. The molecule has 0 spiro atoms. The van der Waals surface area contributed by atoms with Gasteiger partial charge in [-0.15, -0.1) is 0 Å². The zero-order valence-corrected chi connectivity index (χ0v) is 15.7. The second-order valence-electron chi connectivity index (χ2n) is 6.27. The van der Waals surface area contributed by atoms with E-state index in [1.54, 1.807) is 19.1 Å². The number of halogens is 1. The minimum absolute atomic E-state index is 0.0555. The zero-order valence-electron chi connectivity index (χ0n) is 15.7. The highest BCUT2D eigenvalue weighted by molar-refractivity contribution is 5.80. The summed E-state index contributed by atoms with van der Waals surface area (Å²) >= 11 is 0. The third kappa shape index (κ3) is 5.53. The summed E-state index contributed by atoms with van der Waals surface area (Å²) in [5.41, 5.74) is 0. The quantitative estimate of drug-likeness (QED) is 0.661. The van der Waals surface area contributed by atoms with Crippen LogP contribution in [0.15, 0.2) is 36.7 Å². The van der Waals surface area contributed by atoms with E-state index < -0.39 is 11.9 Å². The summed E-state index contributed by atoms with van der Waals surface area (Å²) in [6.45, 7) is 5.41. The molecule has 0 saturated carbocycles. The molecule has 0 bridgehead atoms. The molecule has 1 aromatic carbocycles. The molecule has 0 radical (unpaired) electrons. The van der Waals surface area contributed by atoms with Gasteiger partial charge < -0.3 is 25.0 Å². The molecule has 9 heteroatoms. The summed E-state index contributed by atoms with van der Waals surface area (Å²) < 4.78 is 24.3. The van der Waals surface area contributed by atoms with Crippen molar-refractivity contribution in [1.29, 1.82) is 0 Å². The van der Waals surface area contributed by atoms with Gasteiger partial charge in [-0.3, -0.25) is 4.79 Å². The van der Waals surface area contributed by atoms with Gasteiger partial charge in [-0.1, -0.05) is 12.1 Å². The van der Waals surface area contributed by atoms with Gasteiger partial charge in [0.2, 0.25) is 0 Å².